The van der Waals surface area contributed by atoms with Crippen molar-refractivity contribution in [1.82, 2.24) is 9.97 Å². The lowest BCUT2D eigenvalue weighted by Crippen LogP contribution is -2.58. The fraction of sp³-hybridized carbons (Fsp3) is 0.765. The molecule has 1 aromatic heterocycles. The lowest BCUT2D eigenvalue weighted by Gasteiger charge is -2.47. The summed E-state index contributed by atoms with van der Waals surface area (Å²) in [6, 6.07) is 2.52. The van der Waals surface area contributed by atoms with Crippen LogP contribution in [0.15, 0.2) is 6.07 Å². The molecule has 2 saturated carbocycles. The maximum absolute atomic E-state index is 5.84. The minimum Gasteiger partial charge on any atom is -0.384 e. The average molecular weight is 303 g/mol. The molecule has 1 aromatic rings. The van der Waals surface area contributed by atoms with Crippen LogP contribution in [-0.2, 0) is 9.47 Å². The van der Waals surface area contributed by atoms with Gasteiger partial charge in [-0.25, -0.2) is 9.97 Å². The Bertz CT molecular complexity index is 547. The Kier molecular flexibility index (Phi) is 3.78. The van der Waals surface area contributed by atoms with Crippen LogP contribution in [-0.4, -0.2) is 42.4 Å². The minimum absolute atomic E-state index is 0.355. The van der Waals surface area contributed by atoms with Crippen molar-refractivity contribution in [3.63, 3.8) is 0 Å². The van der Waals surface area contributed by atoms with Gasteiger partial charge in [0, 0.05) is 48.9 Å². The van der Waals surface area contributed by atoms with Crippen molar-refractivity contribution >= 4 is 5.95 Å². The number of fused-ring (bicyclic) bond motifs is 1. The van der Waals surface area contributed by atoms with Gasteiger partial charge in [0.15, 0.2) is 0 Å². The van der Waals surface area contributed by atoms with E-state index in [9.17, 15) is 0 Å². The third-order valence-corrected chi connectivity index (χ3v) is 5.58. The number of anilines is 1. The first kappa shape index (κ1) is 14.4. The Hall–Kier alpha value is -1.20. The van der Waals surface area contributed by atoms with Gasteiger partial charge in [-0.3, -0.25) is 0 Å². The second-order valence-electron chi connectivity index (χ2n) is 6.96. The lowest BCUT2D eigenvalue weighted by molar-refractivity contribution is -0.0668. The SMILES string of the molecule is COCC1C(Nc2nc(C)cc(C3CCC3)n2)C2CCOC21. The molecule has 0 bridgehead atoms. The van der Waals surface area contributed by atoms with Crippen LogP contribution in [0.4, 0.5) is 5.95 Å². The highest BCUT2D eigenvalue weighted by molar-refractivity contribution is 5.34. The van der Waals surface area contributed by atoms with Crippen LogP contribution in [0, 0.1) is 18.8 Å². The molecule has 3 aliphatic rings. The number of ether oxygens (including phenoxy) is 2. The molecule has 1 aliphatic heterocycles. The smallest absolute Gasteiger partial charge is 0.223 e. The van der Waals surface area contributed by atoms with Crippen LogP contribution in [0.25, 0.3) is 0 Å². The number of hydrogen-bond donors (Lipinski definition) is 1. The van der Waals surface area contributed by atoms with Crippen molar-refractivity contribution in [2.24, 2.45) is 11.8 Å². The molecule has 120 valence electrons. The maximum atomic E-state index is 5.84. The quantitative estimate of drug-likeness (QED) is 0.906. The van der Waals surface area contributed by atoms with Crippen molar-refractivity contribution in [2.75, 3.05) is 25.6 Å². The van der Waals surface area contributed by atoms with E-state index in [1.165, 1.54) is 25.0 Å². The van der Waals surface area contributed by atoms with Gasteiger partial charge in [0.2, 0.25) is 5.95 Å². The van der Waals surface area contributed by atoms with Crippen molar-refractivity contribution < 1.29 is 9.47 Å². The summed E-state index contributed by atoms with van der Waals surface area (Å²) in [6.45, 7) is 3.67. The molecular weight excluding hydrogens is 278 g/mol. The summed E-state index contributed by atoms with van der Waals surface area (Å²) in [5, 5.41) is 3.59. The first-order chi connectivity index (χ1) is 10.8. The molecule has 0 amide bonds. The normalized spacial score (nSPS) is 33.9. The van der Waals surface area contributed by atoms with Gasteiger partial charge in [0.25, 0.3) is 0 Å². The number of aryl methyl sites for hydroxylation is 1. The summed E-state index contributed by atoms with van der Waals surface area (Å²) in [5.41, 5.74) is 2.27. The van der Waals surface area contributed by atoms with E-state index in [1.807, 2.05) is 0 Å². The largest absolute Gasteiger partial charge is 0.384 e. The van der Waals surface area contributed by atoms with Crippen LogP contribution in [0.2, 0.25) is 0 Å². The van der Waals surface area contributed by atoms with Gasteiger partial charge in [-0.2, -0.15) is 0 Å². The van der Waals surface area contributed by atoms with Crippen LogP contribution < -0.4 is 5.32 Å². The molecule has 1 N–H and O–H groups in total. The molecule has 22 heavy (non-hydrogen) atoms. The van der Waals surface area contributed by atoms with Crippen LogP contribution in [0.1, 0.15) is 43.0 Å². The molecule has 4 unspecified atom stereocenters. The van der Waals surface area contributed by atoms with Crippen LogP contribution in [0.3, 0.4) is 0 Å². The van der Waals surface area contributed by atoms with E-state index in [0.29, 0.717) is 29.9 Å². The Morgan fingerprint density at radius 2 is 2.18 bits per heavy atom. The highest BCUT2D eigenvalue weighted by Crippen LogP contribution is 2.45. The highest BCUT2D eigenvalue weighted by Gasteiger charge is 2.54. The summed E-state index contributed by atoms with van der Waals surface area (Å²) >= 11 is 0. The van der Waals surface area contributed by atoms with Gasteiger partial charge in [-0.05, 0) is 32.3 Å². The second kappa shape index (κ2) is 5.78. The predicted octanol–water partition coefficient (Wildman–Crippen LogP) is 2.51. The summed E-state index contributed by atoms with van der Waals surface area (Å²) in [5.74, 6) is 2.42. The third-order valence-electron chi connectivity index (χ3n) is 5.58. The molecule has 2 heterocycles. The van der Waals surface area contributed by atoms with Crippen molar-refractivity contribution in [1.29, 1.82) is 0 Å². The van der Waals surface area contributed by atoms with E-state index in [1.54, 1.807) is 7.11 Å². The van der Waals surface area contributed by atoms with Crippen molar-refractivity contribution in [2.45, 2.75) is 50.7 Å². The first-order valence-corrected chi connectivity index (χ1v) is 8.49. The Morgan fingerprint density at radius 3 is 2.91 bits per heavy atom. The van der Waals surface area contributed by atoms with Gasteiger partial charge in [-0.15, -0.1) is 0 Å². The molecule has 4 rings (SSSR count). The van der Waals surface area contributed by atoms with E-state index in [-0.39, 0.29) is 0 Å². The minimum atomic E-state index is 0.355. The zero-order chi connectivity index (χ0) is 15.1. The molecule has 0 radical (unpaired) electrons. The molecule has 0 aromatic carbocycles. The number of methoxy groups -OCH3 is 1. The van der Waals surface area contributed by atoms with E-state index in [2.05, 4.69) is 23.3 Å². The van der Waals surface area contributed by atoms with Crippen LogP contribution >= 0.6 is 0 Å². The zero-order valence-corrected chi connectivity index (χ0v) is 13.4. The van der Waals surface area contributed by atoms with E-state index in [4.69, 9.17) is 14.5 Å². The standard InChI is InChI=1S/C17H25N3O2/c1-10-8-14(11-4-3-5-11)19-17(18-10)20-15-12-6-7-22-16(12)13(15)9-21-2/h8,11-13,15-16H,3-7,9H2,1-2H3,(H,18,19,20). The van der Waals surface area contributed by atoms with Gasteiger partial charge in [-0.1, -0.05) is 6.42 Å². The topological polar surface area (TPSA) is 56.3 Å². The summed E-state index contributed by atoms with van der Waals surface area (Å²) < 4.78 is 11.2. The molecule has 5 heteroatoms. The van der Waals surface area contributed by atoms with Gasteiger partial charge >= 0.3 is 0 Å². The summed E-state index contributed by atoms with van der Waals surface area (Å²) in [7, 11) is 1.76. The van der Waals surface area contributed by atoms with Crippen molar-refractivity contribution in [3.8, 4) is 0 Å². The number of nitrogens with zero attached hydrogens (tertiary/aromatic N) is 2. The first-order valence-electron chi connectivity index (χ1n) is 8.49. The second-order valence-corrected chi connectivity index (χ2v) is 6.96. The van der Waals surface area contributed by atoms with Gasteiger partial charge in [0.1, 0.15) is 0 Å². The van der Waals surface area contributed by atoms with Crippen molar-refractivity contribution in [3.05, 3.63) is 17.5 Å². The van der Waals surface area contributed by atoms with Crippen LogP contribution in [0.5, 0.6) is 0 Å². The molecular formula is C17H25N3O2. The average Bonchev–Trinajstić information content (AvgIpc) is 2.84. The van der Waals surface area contributed by atoms with E-state index >= 15 is 0 Å². The molecule has 5 nitrogen and oxygen atoms in total. The zero-order valence-electron chi connectivity index (χ0n) is 13.4. The number of hydrogen-bond acceptors (Lipinski definition) is 5. The van der Waals surface area contributed by atoms with Gasteiger partial charge in [0.05, 0.1) is 12.7 Å². The summed E-state index contributed by atoms with van der Waals surface area (Å²) in [4.78, 5) is 9.38. The molecule has 2 aliphatic carbocycles. The molecule has 3 fully saturated rings. The van der Waals surface area contributed by atoms with E-state index in [0.717, 1.165) is 31.3 Å². The summed E-state index contributed by atoms with van der Waals surface area (Å²) in [6.07, 6.45) is 5.35. The number of aromatic nitrogens is 2. The lowest BCUT2D eigenvalue weighted by atomic mass is 9.67. The van der Waals surface area contributed by atoms with E-state index < -0.39 is 0 Å². The fourth-order valence-corrected chi connectivity index (χ4v) is 4.15. The maximum Gasteiger partial charge on any atom is 0.223 e. The molecule has 0 spiro atoms. The number of rotatable bonds is 5. The molecule has 1 saturated heterocycles. The Balaban J connectivity index is 1.51. The Morgan fingerprint density at radius 1 is 1.32 bits per heavy atom. The monoisotopic (exact) mass is 303 g/mol. The highest BCUT2D eigenvalue weighted by atomic mass is 16.5. The fourth-order valence-electron chi connectivity index (χ4n) is 4.15. The predicted molar refractivity (Wildman–Crippen MR) is 84.0 cm³/mol. The third kappa shape index (κ3) is 2.40. The van der Waals surface area contributed by atoms with Gasteiger partial charge < -0.3 is 14.8 Å². The number of nitrogens with one attached hydrogen (secondary N) is 1. The Labute approximate surface area is 131 Å². The molecule has 4 atom stereocenters.